The summed E-state index contributed by atoms with van der Waals surface area (Å²) in [5, 5.41) is 0. The molecule has 0 aliphatic carbocycles. The molecule has 0 spiro atoms. The van der Waals surface area contributed by atoms with Crippen molar-refractivity contribution in [2.45, 2.75) is 4.90 Å². The van der Waals surface area contributed by atoms with E-state index >= 15 is 0 Å². The van der Waals surface area contributed by atoms with Crippen molar-refractivity contribution in [1.82, 2.24) is 0 Å². The highest BCUT2D eigenvalue weighted by atomic mass is 32.5. The van der Waals surface area contributed by atoms with Gasteiger partial charge >= 0.3 is 10.2 Å². The Hall–Kier alpha value is -1.22. The highest BCUT2D eigenvalue weighted by Crippen LogP contribution is 3.02. The molecular weight excluding hydrogens is 223 g/mol. The van der Waals surface area contributed by atoms with Crippen LogP contribution in [-0.4, -0.2) is 0 Å². The quantitative estimate of drug-likeness (QED) is 0.496. The summed E-state index contributed by atoms with van der Waals surface area (Å²) < 4.78 is 61.0. The van der Waals surface area contributed by atoms with Gasteiger partial charge < -0.3 is 0 Å². The fraction of sp³-hybridized carbons (Fsp3) is 0. The first-order chi connectivity index (χ1) is 6.03. The van der Waals surface area contributed by atoms with E-state index in [0.29, 0.717) is 6.07 Å². The predicted molar refractivity (Wildman–Crippen MR) is 45.8 cm³/mol. The average Bonchev–Trinajstić information content (AvgIpc) is 2.01. The molecule has 0 saturated carbocycles. The van der Waals surface area contributed by atoms with Crippen LogP contribution in [0, 0.1) is 12.3 Å². The number of halogens is 5. The molecule has 1 aromatic carbocycles. The fourth-order valence-electron chi connectivity index (χ4n) is 0.826. The lowest BCUT2D eigenvalue weighted by atomic mass is 10.2. The third-order valence-corrected chi connectivity index (χ3v) is 2.59. The molecule has 0 saturated heterocycles. The van der Waals surface area contributed by atoms with Crippen molar-refractivity contribution >= 4 is 10.2 Å². The number of hydrogen-bond donors (Lipinski definition) is 0. The van der Waals surface area contributed by atoms with Crippen LogP contribution >= 0.6 is 10.2 Å². The summed E-state index contributed by atoms with van der Waals surface area (Å²) >= 11 is 0. The highest BCUT2D eigenvalue weighted by Gasteiger charge is 2.65. The number of rotatable bonds is 1. The Morgan fingerprint density at radius 2 is 1.64 bits per heavy atom. The Morgan fingerprint density at radius 3 is 2.07 bits per heavy atom. The molecule has 0 aromatic heterocycles. The lowest BCUT2D eigenvalue weighted by Gasteiger charge is -2.40. The summed E-state index contributed by atoms with van der Waals surface area (Å²) in [6, 6.07) is 2.57. The molecular formula is C8H5F5S. The van der Waals surface area contributed by atoms with E-state index in [-0.39, 0.29) is 11.6 Å². The molecule has 0 aliphatic rings. The van der Waals surface area contributed by atoms with Crippen LogP contribution < -0.4 is 0 Å². The first kappa shape index (κ1) is 10.9. The second kappa shape index (κ2) is 2.23. The number of hydrogen-bond acceptors (Lipinski definition) is 0. The smallest absolute Gasteiger partial charge is 0.115 e. The molecule has 14 heavy (non-hydrogen) atoms. The minimum Gasteiger partial charge on any atom is -0.115 e. The van der Waals surface area contributed by atoms with E-state index in [4.69, 9.17) is 6.42 Å². The van der Waals surface area contributed by atoms with Crippen LogP contribution in [-0.2, 0) is 0 Å². The van der Waals surface area contributed by atoms with Gasteiger partial charge in [-0.15, -0.1) is 6.42 Å². The zero-order valence-corrected chi connectivity index (χ0v) is 7.50. The van der Waals surface area contributed by atoms with Gasteiger partial charge in [0.05, 0.1) is 0 Å². The highest BCUT2D eigenvalue weighted by molar-refractivity contribution is 8.45. The molecule has 0 bridgehead atoms. The van der Waals surface area contributed by atoms with Gasteiger partial charge in [0.1, 0.15) is 4.90 Å². The van der Waals surface area contributed by atoms with E-state index in [1.165, 1.54) is 0 Å². The average molecular weight is 228 g/mol. The topological polar surface area (TPSA) is 0 Å². The summed E-state index contributed by atoms with van der Waals surface area (Å²) in [6.07, 6.45) is 4.80. The van der Waals surface area contributed by atoms with Gasteiger partial charge in [-0.1, -0.05) is 31.4 Å². The molecule has 0 fully saturated rings. The van der Waals surface area contributed by atoms with Gasteiger partial charge in [-0.2, -0.15) is 0 Å². The van der Waals surface area contributed by atoms with Gasteiger partial charge in [0.2, 0.25) is 0 Å². The van der Waals surface area contributed by atoms with Crippen LogP contribution in [0.2, 0.25) is 0 Å². The number of terminal acetylenes is 1. The van der Waals surface area contributed by atoms with Crippen LogP contribution in [0.4, 0.5) is 19.4 Å². The monoisotopic (exact) mass is 228 g/mol. The summed E-state index contributed by atoms with van der Waals surface area (Å²) in [6.45, 7) is 0. The molecule has 1 rings (SSSR count). The standard InChI is InChI=1S/C8H5F5S/c1-2-7-4-3-5-8(6-7)14(9,10,11,12)13/h1,3-6H. The fourth-order valence-corrected chi connectivity index (χ4v) is 1.51. The molecule has 0 nitrogen and oxygen atoms in total. The van der Waals surface area contributed by atoms with E-state index in [0.717, 1.165) is 12.1 Å². The Balaban J connectivity index is 3.45. The second-order valence-electron chi connectivity index (χ2n) is 2.64. The maximum Gasteiger partial charge on any atom is 0.310 e. The maximum absolute atomic E-state index is 12.2. The SMILES string of the molecule is C#Cc1cccc(S(F)(F)(F)(F)F)c1. The van der Waals surface area contributed by atoms with Gasteiger partial charge in [0.15, 0.2) is 0 Å². The Bertz CT molecular complexity index is 410. The van der Waals surface area contributed by atoms with E-state index in [1.807, 2.05) is 5.92 Å². The van der Waals surface area contributed by atoms with Crippen molar-refractivity contribution in [3.05, 3.63) is 29.8 Å². The van der Waals surface area contributed by atoms with E-state index in [1.54, 1.807) is 0 Å². The third-order valence-electron chi connectivity index (χ3n) is 1.45. The molecule has 0 amide bonds. The lowest BCUT2D eigenvalue weighted by Crippen LogP contribution is -2.05. The molecule has 0 radical (unpaired) electrons. The minimum atomic E-state index is -9.58. The molecule has 0 aliphatic heterocycles. The van der Waals surface area contributed by atoms with Crippen LogP contribution in [0.25, 0.3) is 0 Å². The van der Waals surface area contributed by atoms with Gasteiger partial charge in [0.25, 0.3) is 0 Å². The molecule has 0 atom stereocenters. The van der Waals surface area contributed by atoms with Crippen LogP contribution in [0.15, 0.2) is 29.2 Å². The summed E-state index contributed by atoms with van der Waals surface area (Å²) in [4.78, 5) is -1.96. The number of benzene rings is 1. The van der Waals surface area contributed by atoms with Gasteiger partial charge in [-0.05, 0) is 18.2 Å². The lowest BCUT2D eigenvalue weighted by molar-refractivity contribution is 0.364. The minimum absolute atomic E-state index is 0.226. The van der Waals surface area contributed by atoms with Crippen molar-refractivity contribution < 1.29 is 19.4 Å². The Kier molecular flexibility index (Phi) is 1.73. The predicted octanol–water partition coefficient (Wildman–Crippen LogP) is 4.33. The first-order valence-electron chi connectivity index (χ1n) is 3.34. The van der Waals surface area contributed by atoms with E-state index in [9.17, 15) is 19.4 Å². The molecule has 0 unspecified atom stereocenters. The Labute approximate surface area is 77.5 Å². The van der Waals surface area contributed by atoms with Crippen molar-refractivity contribution in [2.24, 2.45) is 0 Å². The normalized spacial score (nSPS) is 16.6. The third kappa shape index (κ3) is 2.39. The van der Waals surface area contributed by atoms with Gasteiger partial charge in [-0.3, -0.25) is 0 Å². The van der Waals surface area contributed by atoms with Crippen LogP contribution in [0.1, 0.15) is 5.56 Å². The Morgan fingerprint density at radius 1 is 1.07 bits per heavy atom. The van der Waals surface area contributed by atoms with Crippen molar-refractivity contribution in [3.63, 3.8) is 0 Å². The molecule has 6 heteroatoms. The summed E-state index contributed by atoms with van der Waals surface area (Å²) in [5.74, 6) is 1.86. The molecule has 1 aromatic rings. The molecule has 0 N–H and O–H groups in total. The zero-order valence-electron chi connectivity index (χ0n) is 6.68. The van der Waals surface area contributed by atoms with E-state index < -0.39 is 15.1 Å². The summed E-state index contributed by atoms with van der Waals surface area (Å²) in [5.41, 5.74) is -0.226. The van der Waals surface area contributed by atoms with Crippen molar-refractivity contribution in [2.75, 3.05) is 0 Å². The molecule has 0 heterocycles. The van der Waals surface area contributed by atoms with Gasteiger partial charge in [0, 0.05) is 5.56 Å². The van der Waals surface area contributed by atoms with Crippen LogP contribution in [0.5, 0.6) is 0 Å². The van der Waals surface area contributed by atoms with Crippen LogP contribution in [0.3, 0.4) is 0 Å². The molecule has 78 valence electrons. The zero-order chi connectivity index (χ0) is 11.1. The second-order valence-corrected chi connectivity index (χ2v) is 5.05. The van der Waals surface area contributed by atoms with Crippen molar-refractivity contribution in [1.29, 1.82) is 0 Å². The largest absolute Gasteiger partial charge is 0.310 e. The maximum atomic E-state index is 12.2. The van der Waals surface area contributed by atoms with Gasteiger partial charge in [-0.25, -0.2) is 0 Å². The van der Waals surface area contributed by atoms with Crippen molar-refractivity contribution in [3.8, 4) is 12.3 Å². The summed E-state index contributed by atoms with van der Waals surface area (Å²) in [7, 11) is -9.58. The first-order valence-corrected chi connectivity index (χ1v) is 5.29. The van der Waals surface area contributed by atoms with E-state index in [2.05, 4.69) is 0 Å².